The van der Waals surface area contributed by atoms with E-state index in [-0.39, 0.29) is 24.2 Å². The number of benzene rings is 1. The van der Waals surface area contributed by atoms with Gasteiger partial charge >= 0.3 is 0 Å². The molecule has 0 aliphatic carbocycles. The van der Waals surface area contributed by atoms with E-state index < -0.39 is 5.25 Å². The van der Waals surface area contributed by atoms with E-state index in [2.05, 4.69) is 15.8 Å². The van der Waals surface area contributed by atoms with Gasteiger partial charge in [0.25, 0.3) is 0 Å². The van der Waals surface area contributed by atoms with Crippen LogP contribution in [0, 0.1) is 5.92 Å². The molecule has 1 aromatic rings. The smallest absolute Gasteiger partial charge is 0.241 e. The Hall–Kier alpha value is -1.82. The van der Waals surface area contributed by atoms with Crippen molar-refractivity contribution in [2.75, 3.05) is 5.32 Å². The molecule has 0 saturated heterocycles. The zero-order chi connectivity index (χ0) is 14.5. The summed E-state index contributed by atoms with van der Waals surface area (Å²) in [5, 5.41) is 6.23. The van der Waals surface area contributed by atoms with Gasteiger partial charge in [0, 0.05) is 17.5 Å². The van der Waals surface area contributed by atoms with Gasteiger partial charge in [0.1, 0.15) is 0 Å². The normalized spacial score (nSPS) is 17.9. The molecule has 2 rings (SSSR count). The number of nitrogens with one attached hydrogen (secondary N) is 2. The van der Waals surface area contributed by atoms with Gasteiger partial charge in [-0.1, -0.05) is 26.0 Å². The standard InChI is InChI=1S/C14H17N3O2S/c1-9(2)8-15-17-13(18)7-12-14(19)16-10-5-3-4-6-11(10)20-12/h3-6,8-9,12H,7H2,1-2H3,(H,16,19)(H,17,18)/b15-8+. The van der Waals surface area contributed by atoms with Gasteiger partial charge < -0.3 is 5.32 Å². The molecule has 2 amide bonds. The largest absolute Gasteiger partial charge is 0.324 e. The number of thioether (sulfide) groups is 1. The third-order valence-electron chi connectivity index (χ3n) is 2.64. The van der Waals surface area contributed by atoms with Crippen molar-refractivity contribution in [1.82, 2.24) is 5.43 Å². The van der Waals surface area contributed by atoms with Crippen molar-refractivity contribution in [2.45, 2.75) is 30.4 Å². The Morgan fingerprint density at radius 3 is 3.00 bits per heavy atom. The van der Waals surface area contributed by atoms with Gasteiger partial charge in [-0.05, 0) is 18.1 Å². The van der Waals surface area contributed by atoms with E-state index in [0.29, 0.717) is 0 Å². The molecule has 20 heavy (non-hydrogen) atoms. The van der Waals surface area contributed by atoms with Crippen molar-refractivity contribution in [1.29, 1.82) is 0 Å². The molecule has 1 unspecified atom stereocenters. The van der Waals surface area contributed by atoms with E-state index in [0.717, 1.165) is 10.6 Å². The highest BCUT2D eigenvalue weighted by Gasteiger charge is 2.28. The lowest BCUT2D eigenvalue weighted by Gasteiger charge is -2.23. The van der Waals surface area contributed by atoms with Crippen LogP contribution in [-0.2, 0) is 9.59 Å². The molecule has 106 valence electrons. The Balaban J connectivity index is 1.94. The molecule has 2 N–H and O–H groups in total. The van der Waals surface area contributed by atoms with Gasteiger partial charge in [-0.15, -0.1) is 11.8 Å². The zero-order valence-corrected chi connectivity index (χ0v) is 12.2. The van der Waals surface area contributed by atoms with E-state index in [9.17, 15) is 9.59 Å². The average Bonchev–Trinajstić information content (AvgIpc) is 2.39. The highest BCUT2D eigenvalue weighted by Crippen LogP contribution is 2.36. The Morgan fingerprint density at radius 2 is 2.25 bits per heavy atom. The minimum Gasteiger partial charge on any atom is -0.324 e. The van der Waals surface area contributed by atoms with Gasteiger partial charge in [-0.3, -0.25) is 9.59 Å². The Morgan fingerprint density at radius 1 is 1.50 bits per heavy atom. The Bertz CT molecular complexity index is 543. The Labute approximate surface area is 122 Å². The van der Waals surface area contributed by atoms with Crippen LogP contribution in [0.5, 0.6) is 0 Å². The second-order valence-corrected chi connectivity index (χ2v) is 6.10. The molecule has 0 spiro atoms. The number of nitrogens with zero attached hydrogens (tertiary/aromatic N) is 1. The van der Waals surface area contributed by atoms with Crippen LogP contribution >= 0.6 is 11.8 Å². The van der Waals surface area contributed by atoms with Crippen LogP contribution in [0.4, 0.5) is 5.69 Å². The first-order chi connectivity index (χ1) is 9.56. The summed E-state index contributed by atoms with van der Waals surface area (Å²) in [5.41, 5.74) is 3.25. The Kier molecular flexibility index (Phi) is 4.79. The molecule has 6 heteroatoms. The van der Waals surface area contributed by atoms with E-state index in [1.165, 1.54) is 11.8 Å². The monoisotopic (exact) mass is 291 g/mol. The fourth-order valence-electron chi connectivity index (χ4n) is 1.70. The molecule has 1 heterocycles. The van der Waals surface area contributed by atoms with E-state index in [1.54, 1.807) is 6.21 Å². The molecular formula is C14H17N3O2S. The zero-order valence-electron chi connectivity index (χ0n) is 11.4. The fourth-order valence-corrected chi connectivity index (χ4v) is 2.81. The van der Waals surface area contributed by atoms with E-state index >= 15 is 0 Å². The van der Waals surface area contributed by atoms with Crippen LogP contribution < -0.4 is 10.7 Å². The first kappa shape index (κ1) is 14.6. The van der Waals surface area contributed by atoms with Crippen LogP contribution in [0.3, 0.4) is 0 Å². The van der Waals surface area contributed by atoms with E-state index in [1.807, 2.05) is 38.1 Å². The minimum atomic E-state index is -0.417. The summed E-state index contributed by atoms with van der Waals surface area (Å²) in [7, 11) is 0. The number of fused-ring (bicyclic) bond motifs is 1. The number of hydrogen-bond donors (Lipinski definition) is 2. The van der Waals surface area contributed by atoms with Crippen LogP contribution in [-0.4, -0.2) is 23.3 Å². The quantitative estimate of drug-likeness (QED) is 0.660. The van der Waals surface area contributed by atoms with Crippen molar-refractivity contribution in [2.24, 2.45) is 11.0 Å². The second-order valence-electron chi connectivity index (χ2n) is 4.85. The molecule has 1 aromatic carbocycles. The summed E-state index contributed by atoms with van der Waals surface area (Å²) in [5.74, 6) is -0.125. The molecule has 0 saturated carbocycles. The van der Waals surface area contributed by atoms with Gasteiger partial charge in [0.15, 0.2) is 0 Å². The van der Waals surface area contributed by atoms with Gasteiger partial charge in [0.2, 0.25) is 11.8 Å². The fraction of sp³-hybridized carbons (Fsp3) is 0.357. The second kappa shape index (κ2) is 6.56. The third kappa shape index (κ3) is 3.84. The highest BCUT2D eigenvalue weighted by molar-refractivity contribution is 8.01. The summed E-state index contributed by atoms with van der Waals surface area (Å²) in [4.78, 5) is 24.6. The lowest BCUT2D eigenvalue weighted by molar-refractivity contribution is -0.124. The summed E-state index contributed by atoms with van der Waals surface area (Å²) >= 11 is 1.41. The van der Waals surface area contributed by atoms with E-state index in [4.69, 9.17) is 0 Å². The number of para-hydroxylation sites is 1. The number of carbonyl (C=O) groups is 2. The molecular weight excluding hydrogens is 274 g/mol. The van der Waals surface area contributed by atoms with Crippen molar-refractivity contribution in [3.8, 4) is 0 Å². The molecule has 1 aliphatic rings. The lowest BCUT2D eigenvalue weighted by atomic mass is 10.2. The minimum absolute atomic E-state index is 0.111. The topological polar surface area (TPSA) is 70.6 Å². The van der Waals surface area contributed by atoms with Crippen molar-refractivity contribution >= 4 is 35.5 Å². The van der Waals surface area contributed by atoms with Crippen LogP contribution in [0.25, 0.3) is 0 Å². The first-order valence-corrected chi connectivity index (χ1v) is 7.33. The lowest BCUT2D eigenvalue weighted by Crippen LogP contribution is -2.33. The van der Waals surface area contributed by atoms with Crippen LogP contribution in [0.15, 0.2) is 34.3 Å². The highest BCUT2D eigenvalue weighted by atomic mass is 32.2. The molecule has 0 bridgehead atoms. The van der Waals surface area contributed by atoms with Gasteiger partial charge in [0.05, 0.1) is 10.9 Å². The molecule has 0 aromatic heterocycles. The molecule has 1 atom stereocenters. The predicted molar refractivity (Wildman–Crippen MR) is 80.8 cm³/mol. The number of hydrazone groups is 1. The van der Waals surface area contributed by atoms with Crippen LogP contribution in [0.1, 0.15) is 20.3 Å². The predicted octanol–water partition coefficient (Wildman–Crippen LogP) is 2.25. The maximum absolute atomic E-state index is 11.9. The van der Waals surface area contributed by atoms with Crippen molar-refractivity contribution in [3.05, 3.63) is 24.3 Å². The summed E-state index contributed by atoms with van der Waals surface area (Å²) in [6, 6.07) is 7.56. The number of anilines is 1. The molecule has 0 fully saturated rings. The van der Waals surface area contributed by atoms with Crippen molar-refractivity contribution in [3.63, 3.8) is 0 Å². The SMILES string of the molecule is CC(C)/C=N/NC(=O)CC1Sc2ccccc2NC1=O. The average molecular weight is 291 g/mol. The number of amides is 2. The molecule has 1 aliphatic heterocycles. The maximum atomic E-state index is 11.9. The molecule has 0 radical (unpaired) electrons. The summed E-state index contributed by atoms with van der Waals surface area (Å²) in [6.07, 6.45) is 1.77. The number of hydrogen-bond acceptors (Lipinski definition) is 4. The van der Waals surface area contributed by atoms with Crippen LogP contribution in [0.2, 0.25) is 0 Å². The first-order valence-electron chi connectivity index (χ1n) is 6.45. The number of rotatable bonds is 4. The van der Waals surface area contributed by atoms with Crippen molar-refractivity contribution < 1.29 is 9.59 Å². The summed E-state index contributed by atoms with van der Waals surface area (Å²) < 4.78 is 0. The van der Waals surface area contributed by atoms with Gasteiger partial charge in [-0.25, -0.2) is 5.43 Å². The summed E-state index contributed by atoms with van der Waals surface area (Å²) in [6.45, 7) is 3.94. The maximum Gasteiger partial charge on any atom is 0.241 e. The van der Waals surface area contributed by atoms with Gasteiger partial charge in [-0.2, -0.15) is 5.10 Å². The number of carbonyl (C=O) groups excluding carboxylic acids is 2. The molecule has 5 nitrogen and oxygen atoms in total. The third-order valence-corrected chi connectivity index (χ3v) is 3.91.